The van der Waals surface area contributed by atoms with Gasteiger partial charge >= 0.3 is 5.97 Å². The number of benzene rings is 2. The van der Waals surface area contributed by atoms with E-state index in [4.69, 9.17) is 0 Å². The van der Waals surface area contributed by atoms with Crippen LogP contribution in [0.4, 0.5) is 4.39 Å². The van der Waals surface area contributed by atoms with Crippen LogP contribution < -0.4 is 5.32 Å². The summed E-state index contributed by atoms with van der Waals surface area (Å²) in [7, 11) is 0. The van der Waals surface area contributed by atoms with Crippen molar-refractivity contribution in [2.75, 3.05) is 13.1 Å². The number of rotatable bonds is 7. The summed E-state index contributed by atoms with van der Waals surface area (Å²) in [6.07, 6.45) is 3.07. The molecule has 2 N–H and O–H groups in total. The Morgan fingerprint density at radius 3 is 2.11 bits per heavy atom. The van der Waals surface area contributed by atoms with Crippen molar-refractivity contribution in [3.05, 3.63) is 71.0 Å². The molecule has 2 fully saturated rings. The van der Waals surface area contributed by atoms with Gasteiger partial charge in [-0.1, -0.05) is 43.0 Å². The molecule has 2 aromatic rings. The van der Waals surface area contributed by atoms with Gasteiger partial charge in [-0.2, -0.15) is 0 Å². The quantitative estimate of drug-likeness (QED) is 0.593. The summed E-state index contributed by atoms with van der Waals surface area (Å²) >= 11 is 0. The van der Waals surface area contributed by atoms with Gasteiger partial charge in [0, 0.05) is 30.3 Å². The summed E-state index contributed by atoms with van der Waals surface area (Å²) in [5.74, 6) is -3.21. The lowest BCUT2D eigenvalue weighted by Gasteiger charge is -2.34. The first-order valence-corrected chi connectivity index (χ1v) is 12.7. The number of amides is 3. The van der Waals surface area contributed by atoms with Crippen molar-refractivity contribution in [2.24, 2.45) is 5.92 Å². The highest BCUT2D eigenvalue weighted by molar-refractivity contribution is 6.02. The molecule has 37 heavy (non-hydrogen) atoms. The Morgan fingerprint density at radius 2 is 1.54 bits per heavy atom. The molecular weight excluding hydrogens is 477 g/mol. The third-order valence-corrected chi connectivity index (χ3v) is 7.21. The van der Waals surface area contributed by atoms with Gasteiger partial charge in [0.1, 0.15) is 5.82 Å². The molecule has 1 saturated carbocycles. The highest BCUT2D eigenvalue weighted by atomic mass is 19.1. The van der Waals surface area contributed by atoms with Crippen molar-refractivity contribution >= 4 is 23.7 Å². The number of carbonyl (C=O) groups is 4. The van der Waals surface area contributed by atoms with E-state index in [1.54, 1.807) is 18.2 Å². The smallest absolute Gasteiger partial charge is 0.305 e. The lowest BCUT2D eigenvalue weighted by atomic mass is 9.82. The summed E-state index contributed by atoms with van der Waals surface area (Å²) in [5, 5.41) is 12.4. The van der Waals surface area contributed by atoms with E-state index in [1.807, 2.05) is 13.0 Å². The van der Waals surface area contributed by atoms with E-state index < -0.39 is 41.7 Å². The minimum atomic E-state index is -1.29. The van der Waals surface area contributed by atoms with Crippen molar-refractivity contribution < 1.29 is 28.7 Å². The van der Waals surface area contributed by atoms with Crippen molar-refractivity contribution in [1.29, 1.82) is 0 Å². The van der Waals surface area contributed by atoms with Crippen molar-refractivity contribution in [1.82, 2.24) is 15.1 Å². The summed E-state index contributed by atoms with van der Waals surface area (Å²) in [4.78, 5) is 54.8. The SMILES string of the molecule is Cc1cccc(C(=O)N2CCN(C(=O)c3cccc(F)c3)C2C(=O)NC(CC(=O)O)C2CCCCC2)c1. The van der Waals surface area contributed by atoms with Crippen LogP contribution in [0, 0.1) is 18.7 Å². The number of hydrogen-bond acceptors (Lipinski definition) is 4. The average molecular weight is 510 g/mol. The molecule has 8 nitrogen and oxygen atoms in total. The van der Waals surface area contributed by atoms with Crippen molar-refractivity contribution in [3.8, 4) is 0 Å². The number of halogens is 1. The Balaban J connectivity index is 1.65. The first-order valence-electron chi connectivity index (χ1n) is 12.7. The lowest BCUT2D eigenvalue weighted by Crippen LogP contribution is -2.57. The normalized spacial score (nSPS) is 18.9. The predicted octanol–water partition coefficient (Wildman–Crippen LogP) is 3.60. The molecule has 0 bridgehead atoms. The fraction of sp³-hybridized carbons (Fsp3) is 0.429. The molecule has 0 spiro atoms. The van der Waals surface area contributed by atoms with Crippen LogP contribution in [-0.4, -0.2) is 63.9 Å². The zero-order chi connectivity index (χ0) is 26.5. The van der Waals surface area contributed by atoms with E-state index in [-0.39, 0.29) is 31.0 Å². The second-order valence-corrected chi connectivity index (χ2v) is 9.86. The van der Waals surface area contributed by atoms with Gasteiger partial charge < -0.3 is 20.2 Å². The average Bonchev–Trinajstić information content (AvgIpc) is 3.33. The fourth-order valence-corrected chi connectivity index (χ4v) is 5.39. The molecule has 1 aliphatic carbocycles. The molecule has 2 unspecified atom stereocenters. The van der Waals surface area contributed by atoms with Crippen LogP contribution in [0.2, 0.25) is 0 Å². The second-order valence-electron chi connectivity index (χ2n) is 9.86. The number of carboxylic acid groups (broad SMARTS) is 1. The molecule has 0 aromatic heterocycles. The number of nitrogens with zero attached hydrogens (tertiary/aromatic N) is 2. The van der Waals surface area contributed by atoms with Crippen molar-refractivity contribution in [2.45, 2.75) is 57.7 Å². The van der Waals surface area contributed by atoms with Gasteiger partial charge in [-0.05, 0) is 56.0 Å². The zero-order valence-corrected chi connectivity index (χ0v) is 20.9. The number of aryl methyl sites for hydroxylation is 1. The van der Waals surface area contributed by atoms with E-state index in [2.05, 4.69) is 5.32 Å². The van der Waals surface area contributed by atoms with E-state index in [1.165, 1.54) is 28.0 Å². The van der Waals surface area contributed by atoms with Gasteiger partial charge in [0.2, 0.25) is 0 Å². The minimum Gasteiger partial charge on any atom is -0.481 e. The Hall–Kier alpha value is -3.75. The van der Waals surface area contributed by atoms with Crippen LogP contribution in [0.1, 0.15) is 64.8 Å². The molecule has 2 atom stereocenters. The second kappa shape index (κ2) is 11.5. The number of carbonyl (C=O) groups excluding carboxylic acids is 3. The standard InChI is InChI=1S/C28H32FN3O5/c1-18-7-5-10-20(15-18)27(36)31-13-14-32(28(37)21-11-6-12-22(29)16-21)26(31)25(35)30-23(17-24(33)34)19-8-3-2-4-9-19/h5-7,10-12,15-16,19,23,26H,2-4,8-9,13-14,17H2,1H3,(H,30,35)(H,33,34). The summed E-state index contributed by atoms with van der Waals surface area (Å²) in [6, 6.07) is 11.5. The molecule has 1 heterocycles. The largest absolute Gasteiger partial charge is 0.481 e. The number of hydrogen-bond donors (Lipinski definition) is 2. The lowest BCUT2D eigenvalue weighted by molar-refractivity contribution is -0.138. The summed E-state index contributed by atoms with van der Waals surface area (Å²) in [6.45, 7) is 2.04. The Kier molecular flexibility index (Phi) is 8.21. The predicted molar refractivity (Wildman–Crippen MR) is 134 cm³/mol. The highest BCUT2D eigenvalue weighted by Crippen LogP contribution is 2.29. The van der Waals surface area contributed by atoms with Crippen LogP contribution >= 0.6 is 0 Å². The topological polar surface area (TPSA) is 107 Å². The van der Waals surface area contributed by atoms with Gasteiger partial charge in [0.15, 0.2) is 6.17 Å². The maximum absolute atomic E-state index is 13.9. The molecule has 3 amide bonds. The highest BCUT2D eigenvalue weighted by Gasteiger charge is 2.44. The van der Waals surface area contributed by atoms with Crippen LogP contribution in [0.5, 0.6) is 0 Å². The van der Waals surface area contributed by atoms with Crippen molar-refractivity contribution in [3.63, 3.8) is 0 Å². The van der Waals surface area contributed by atoms with Crippen LogP contribution in [-0.2, 0) is 9.59 Å². The van der Waals surface area contributed by atoms with Crippen LogP contribution in [0.3, 0.4) is 0 Å². The third-order valence-electron chi connectivity index (χ3n) is 7.21. The van der Waals surface area contributed by atoms with Gasteiger partial charge in [0.25, 0.3) is 17.7 Å². The molecule has 2 aromatic carbocycles. The van der Waals surface area contributed by atoms with Gasteiger partial charge in [-0.15, -0.1) is 0 Å². The molecule has 9 heteroatoms. The van der Waals surface area contributed by atoms with Crippen LogP contribution in [0.25, 0.3) is 0 Å². The Morgan fingerprint density at radius 1 is 0.946 bits per heavy atom. The molecule has 4 rings (SSSR count). The number of carboxylic acids is 1. The number of nitrogens with one attached hydrogen (secondary N) is 1. The zero-order valence-electron chi connectivity index (χ0n) is 20.9. The van der Waals surface area contributed by atoms with Gasteiger partial charge in [-0.25, -0.2) is 4.39 Å². The Bertz CT molecular complexity index is 1110. The summed E-state index contributed by atoms with van der Waals surface area (Å²) in [5.41, 5.74) is 1.32. The summed E-state index contributed by atoms with van der Waals surface area (Å²) < 4.78 is 13.9. The van der Waals surface area contributed by atoms with Gasteiger partial charge in [0.05, 0.1) is 6.42 Å². The number of aliphatic carboxylic acids is 1. The molecule has 0 radical (unpaired) electrons. The first kappa shape index (κ1) is 26.3. The van der Waals surface area contributed by atoms with E-state index >= 15 is 0 Å². The molecule has 196 valence electrons. The first-order chi connectivity index (χ1) is 17.7. The molecular formula is C28H32FN3O5. The Labute approximate surface area is 215 Å². The van der Waals surface area contributed by atoms with E-state index in [0.29, 0.717) is 5.56 Å². The monoisotopic (exact) mass is 509 g/mol. The van der Waals surface area contributed by atoms with Gasteiger partial charge in [-0.3, -0.25) is 19.2 Å². The van der Waals surface area contributed by atoms with E-state index in [0.717, 1.165) is 43.7 Å². The molecule has 1 saturated heterocycles. The van der Waals surface area contributed by atoms with Crippen LogP contribution in [0.15, 0.2) is 48.5 Å². The molecule has 1 aliphatic heterocycles. The maximum atomic E-state index is 13.9. The third kappa shape index (κ3) is 6.15. The van der Waals surface area contributed by atoms with E-state index in [9.17, 15) is 28.7 Å². The molecule has 2 aliphatic rings. The minimum absolute atomic E-state index is 0.00324. The fourth-order valence-electron chi connectivity index (χ4n) is 5.39. The maximum Gasteiger partial charge on any atom is 0.305 e.